The highest BCUT2D eigenvalue weighted by Gasteiger charge is 2.11. The molecule has 0 heterocycles. The number of fused-ring (bicyclic) bond motifs is 1. The molecule has 94 valence electrons. The number of aliphatic hydroxyl groups excluding tert-OH is 1. The van der Waals surface area contributed by atoms with Gasteiger partial charge in [-0.2, -0.15) is 0 Å². The molecular formula is C14H21NO2. The van der Waals surface area contributed by atoms with Crippen LogP contribution in [-0.2, 0) is 12.8 Å². The van der Waals surface area contributed by atoms with E-state index in [0.29, 0.717) is 26.0 Å². The van der Waals surface area contributed by atoms with Gasteiger partial charge in [-0.1, -0.05) is 6.07 Å². The van der Waals surface area contributed by atoms with E-state index in [1.807, 2.05) is 6.07 Å². The molecule has 0 saturated heterocycles. The first kappa shape index (κ1) is 12.4. The minimum atomic E-state index is -0.338. The zero-order valence-corrected chi connectivity index (χ0v) is 10.2. The Bertz CT molecular complexity index is 365. The van der Waals surface area contributed by atoms with Gasteiger partial charge in [0.1, 0.15) is 5.75 Å². The van der Waals surface area contributed by atoms with E-state index in [-0.39, 0.29) is 6.10 Å². The molecule has 0 spiro atoms. The summed E-state index contributed by atoms with van der Waals surface area (Å²) in [6, 6.07) is 6.32. The van der Waals surface area contributed by atoms with Gasteiger partial charge in [0.05, 0.1) is 12.7 Å². The minimum absolute atomic E-state index is 0.338. The van der Waals surface area contributed by atoms with Gasteiger partial charge in [0.25, 0.3) is 0 Å². The van der Waals surface area contributed by atoms with E-state index in [4.69, 9.17) is 10.5 Å². The Morgan fingerprint density at radius 1 is 1.24 bits per heavy atom. The molecule has 0 amide bonds. The highest BCUT2D eigenvalue weighted by atomic mass is 16.5. The fraction of sp³-hybridized carbons (Fsp3) is 0.571. The van der Waals surface area contributed by atoms with E-state index in [1.165, 1.54) is 30.4 Å². The maximum absolute atomic E-state index is 9.52. The van der Waals surface area contributed by atoms with Crippen molar-refractivity contribution in [2.24, 2.45) is 5.73 Å². The van der Waals surface area contributed by atoms with Crippen molar-refractivity contribution in [3.63, 3.8) is 0 Å². The van der Waals surface area contributed by atoms with Crippen molar-refractivity contribution in [1.29, 1.82) is 0 Å². The summed E-state index contributed by atoms with van der Waals surface area (Å²) in [6.07, 6.45) is 4.58. The van der Waals surface area contributed by atoms with Crippen molar-refractivity contribution < 1.29 is 9.84 Å². The van der Waals surface area contributed by atoms with Crippen molar-refractivity contribution in [3.8, 4) is 5.75 Å². The van der Waals surface area contributed by atoms with Crippen LogP contribution in [0.4, 0.5) is 0 Å². The molecule has 1 aromatic carbocycles. The number of hydrogen-bond donors (Lipinski definition) is 2. The van der Waals surface area contributed by atoms with Crippen LogP contribution in [0.3, 0.4) is 0 Å². The van der Waals surface area contributed by atoms with Gasteiger partial charge in [0, 0.05) is 6.42 Å². The number of aryl methyl sites for hydroxylation is 2. The fourth-order valence-electron chi connectivity index (χ4n) is 2.29. The molecule has 1 aliphatic rings. The second-order valence-corrected chi connectivity index (χ2v) is 4.65. The molecule has 3 N–H and O–H groups in total. The van der Waals surface area contributed by atoms with Crippen LogP contribution in [0.1, 0.15) is 30.4 Å². The normalized spacial score (nSPS) is 15.6. The van der Waals surface area contributed by atoms with Crippen LogP contribution in [0.2, 0.25) is 0 Å². The van der Waals surface area contributed by atoms with Gasteiger partial charge in [-0.25, -0.2) is 0 Å². The molecule has 1 aliphatic carbocycles. The molecule has 17 heavy (non-hydrogen) atoms. The van der Waals surface area contributed by atoms with Gasteiger partial charge in [0.2, 0.25) is 0 Å². The second kappa shape index (κ2) is 6.03. The van der Waals surface area contributed by atoms with E-state index in [9.17, 15) is 5.11 Å². The quantitative estimate of drug-likeness (QED) is 0.788. The maximum Gasteiger partial charge on any atom is 0.119 e. The van der Waals surface area contributed by atoms with Gasteiger partial charge in [-0.3, -0.25) is 0 Å². The largest absolute Gasteiger partial charge is 0.493 e. The topological polar surface area (TPSA) is 55.5 Å². The SMILES string of the molecule is NCCC(O)CCOc1ccc2c(c1)CCC2. The third-order valence-corrected chi connectivity index (χ3v) is 3.29. The Hall–Kier alpha value is -1.06. The molecule has 1 unspecified atom stereocenters. The van der Waals surface area contributed by atoms with E-state index < -0.39 is 0 Å². The van der Waals surface area contributed by atoms with Crippen molar-refractivity contribution in [3.05, 3.63) is 29.3 Å². The average molecular weight is 235 g/mol. The summed E-state index contributed by atoms with van der Waals surface area (Å²) in [4.78, 5) is 0. The number of nitrogens with two attached hydrogens (primary N) is 1. The Kier molecular flexibility index (Phi) is 4.40. The van der Waals surface area contributed by atoms with Crippen LogP contribution >= 0.6 is 0 Å². The molecule has 3 heteroatoms. The molecule has 1 aromatic rings. The molecule has 0 saturated carbocycles. The summed E-state index contributed by atoms with van der Waals surface area (Å²) in [5.74, 6) is 0.922. The number of aliphatic hydroxyl groups is 1. The molecule has 0 bridgehead atoms. The lowest BCUT2D eigenvalue weighted by atomic mass is 10.1. The Balaban J connectivity index is 1.79. The first-order valence-corrected chi connectivity index (χ1v) is 6.42. The van der Waals surface area contributed by atoms with E-state index in [0.717, 1.165) is 5.75 Å². The highest BCUT2D eigenvalue weighted by Crippen LogP contribution is 2.26. The Morgan fingerprint density at radius 3 is 2.88 bits per heavy atom. The number of ether oxygens (including phenoxy) is 1. The molecule has 0 aliphatic heterocycles. The molecule has 0 radical (unpaired) electrons. The lowest BCUT2D eigenvalue weighted by molar-refractivity contribution is 0.133. The molecule has 0 fully saturated rings. The maximum atomic E-state index is 9.52. The molecular weight excluding hydrogens is 214 g/mol. The smallest absolute Gasteiger partial charge is 0.119 e. The Labute approximate surface area is 103 Å². The van der Waals surface area contributed by atoms with Crippen LogP contribution in [-0.4, -0.2) is 24.4 Å². The predicted octanol–water partition coefficient (Wildman–Crippen LogP) is 1.65. The van der Waals surface area contributed by atoms with Crippen LogP contribution in [0.25, 0.3) is 0 Å². The van der Waals surface area contributed by atoms with Gasteiger partial charge < -0.3 is 15.6 Å². The lowest BCUT2D eigenvalue weighted by Gasteiger charge is -2.11. The Morgan fingerprint density at radius 2 is 2.06 bits per heavy atom. The van der Waals surface area contributed by atoms with E-state index >= 15 is 0 Å². The summed E-state index contributed by atoms with van der Waals surface area (Å²) in [7, 11) is 0. The van der Waals surface area contributed by atoms with Crippen LogP contribution < -0.4 is 10.5 Å². The van der Waals surface area contributed by atoms with Gasteiger partial charge in [-0.15, -0.1) is 0 Å². The van der Waals surface area contributed by atoms with Crippen LogP contribution in [0.15, 0.2) is 18.2 Å². The first-order valence-electron chi connectivity index (χ1n) is 6.42. The van der Waals surface area contributed by atoms with E-state index in [1.54, 1.807) is 0 Å². The monoisotopic (exact) mass is 235 g/mol. The zero-order chi connectivity index (χ0) is 12.1. The summed E-state index contributed by atoms with van der Waals surface area (Å²) in [6.45, 7) is 1.08. The fourth-order valence-corrected chi connectivity index (χ4v) is 2.29. The highest BCUT2D eigenvalue weighted by molar-refractivity contribution is 5.38. The summed E-state index contributed by atoms with van der Waals surface area (Å²) in [5.41, 5.74) is 8.25. The summed E-state index contributed by atoms with van der Waals surface area (Å²) < 4.78 is 5.65. The predicted molar refractivity (Wildman–Crippen MR) is 68.3 cm³/mol. The van der Waals surface area contributed by atoms with Crippen LogP contribution in [0.5, 0.6) is 5.75 Å². The van der Waals surface area contributed by atoms with Crippen molar-refractivity contribution in [2.75, 3.05) is 13.2 Å². The van der Waals surface area contributed by atoms with Gasteiger partial charge in [0.15, 0.2) is 0 Å². The van der Waals surface area contributed by atoms with Crippen molar-refractivity contribution in [2.45, 2.75) is 38.2 Å². The first-order chi connectivity index (χ1) is 8.29. The van der Waals surface area contributed by atoms with E-state index in [2.05, 4.69) is 12.1 Å². The molecule has 2 rings (SSSR count). The molecule has 1 atom stereocenters. The second-order valence-electron chi connectivity index (χ2n) is 4.65. The zero-order valence-electron chi connectivity index (χ0n) is 10.2. The summed E-state index contributed by atoms with van der Waals surface area (Å²) >= 11 is 0. The third kappa shape index (κ3) is 3.45. The third-order valence-electron chi connectivity index (χ3n) is 3.29. The minimum Gasteiger partial charge on any atom is -0.493 e. The van der Waals surface area contributed by atoms with Crippen molar-refractivity contribution >= 4 is 0 Å². The standard InChI is InChI=1S/C14H21NO2/c15-8-6-13(16)7-9-17-14-5-4-11-2-1-3-12(11)10-14/h4-5,10,13,16H,1-3,6-9,15H2. The number of hydrogen-bond acceptors (Lipinski definition) is 3. The van der Waals surface area contributed by atoms with Gasteiger partial charge >= 0.3 is 0 Å². The number of rotatable bonds is 6. The molecule has 0 aromatic heterocycles. The van der Waals surface area contributed by atoms with Gasteiger partial charge in [-0.05, 0) is 55.5 Å². The lowest BCUT2D eigenvalue weighted by Crippen LogP contribution is -2.16. The number of benzene rings is 1. The average Bonchev–Trinajstić information content (AvgIpc) is 2.76. The molecule has 3 nitrogen and oxygen atoms in total. The van der Waals surface area contributed by atoms with Crippen LogP contribution in [0, 0.1) is 0 Å². The van der Waals surface area contributed by atoms with Crippen molar-refractivity contribution in [1.82, 2.24) is 0 Å². The summed E-state index contributed by atoms with van der Waals surface area (Å²) in [5, 5.41) is 9.52.